The van der Waals surface area contributed by atoms with Crippen LogP contribution < -0.4 is 0 Å². The molecule has 0 aliphatic rings. The van der Waals surface area contributed by atoms with Gasteiger partial charge in [-0.2, -0.15) is 39.5 Å². The fourth-order valence-electron chi connectivity index (χ4n) is 3.58. The van der Waals surface area contributed by atoms with Crippen LogP contribution in [0.5, 0.6) is 0 Å². The van der Waals surface area contributed by atoms with Gasteiger partial charge in [-0.3, -0.25) is 0 Å². The van der Waals surface area contributed by atoms with E-state index in [2.05, 4.69) is 0 Å². The molecule has 0 aliphatic heterocycles. The molecule has 0 spiro atoms. The van der Waals surface area contributed by atoms with Gasteiger partial charge in [0.25, 0.3) is 11.8 Å². The molecular weight excluding hydrogens is 582 g/mol. The number of hydrogen-bond donors (Lipinski definition) is 0. The molecule has 0 amide bonds. The molecule has 18 heteroatoms. The molecule has 4 atom stereocenters. The second-order valence-corrected chi connectivity index (χ2v) is 11.9. The van der Waals surface area contributed by atoms with Crippen LogP contribution in [0.1, 0.15) is 52.4 Å². The van der Waals surface area contributed by atoms with Gasteiger partial charge in [-0.05, 0) is 32.1 Å². The maximum absolute atomic E-state index is 14.1. The molecule has 0 radical (unpaired) electrons. The van der Waals surface area contributed by atoms with E-state index in [1.54, 1.807) is 0 Å². The van der Waals surface area contributed by atoms with Crippen molar-refractivity contribution < 1.29 is 69.9 Å². The maximum atomic E-state index is 14.1. The van der Waals surface area contributed by atoms with Gasteiger partial charge >= 0.3 is 18.5 Å². The van der Waals surface area contributed by atoms with Gasteiger partial charge in [-0.1, -0.05) is 6.92 Å². The Morgan fingerprint density at radius 3 is 1.50 bits per heavy atom. The molecule has 0 aromatic heterocycles. The molecule has 0 aromatic rings. The van der Waals surface area contributed by atoms with Crippen molar-refractivity contribution in [2.24, 2.45) is 17.8 Å². The van der Waals surface area contributed by atoms with Gasteiger partial charge in [-0.25, -0.2) is 30.4 Å². The second-order valence-electron chi connectivity index (χ2n) is 9.05. The molecule has 218 valence electrons. The first-order chi connectivity index (χ1) is 15.5. The Hall–Kier alpha value is -0.740. The first kappa shape index (κ1) is 35.3. The summed E-state index contributed by atoms with van der Waals surface area (Å²) in [5.74, 6) is -18.5. The lowest BCUT2D eigenvalue weighted by Gasteiger charge is -2.32. The van der Waals surface area contributed by atoms with Crippen LogP contribution in [0.4, 0.5) is 61.5 Å². The molecule has 0 aromatic carbocycles. The highest BCUT2D eigenvalue weighted by Gasteiger charge is 2.59. The highest BCUT2D eigenvalue weighted by Crippen LogP contribution is 2.47. The van der Waals surface area contributed by atoms with Crippen LogP contribution in [0.3, 0.4) is 0 Å². The van der Waals surface area contributed by atoms with Crippen molar-refractivity contribution in [2.75, 3.05) is 5.75 Å². The van der Waals surface area contributed by atoms with Gasteiger partial charge in [0.05, 0.1) is 30.4 Å². The molecule has 0 saturated heterocycles. The number of hydrogen-bond acceptors (Lipinski definition) is 2. The van der Waals surface area contributed by atoms with Crippen LogP contribution in [0.25, 0.3) is 0 Å². The fourth-order valence-corrected chi connectivity index (χ4v) is 4.42. The van der Waals surface area contributed by atoms with Crippen LogP contribution in [-0.2, 0) is 9.05 Å². The molecule has 4 unspecified atom stereocenters. The fraction of sp³-hybridized carbons (Fsp3) is 1.00. The van der Waals surface area contributed by atoms with Crippen molar-refractivity contribution in [1.29, 1.82) is 0 Å². The molecule has 0 heterocycles. The summed E-state index contributed by atoms with van der Waals surface area (Å²) in [6, 6.07) is 0. The molecule has 0 bridgehead atoms. The molecule has 36 heavy (non-hydrogen) atoms. The largest absolute Gasteiger partial charge is 0.422 e. The summed E-state index contributed by atoms with van der Waals surface area (Å²) in [4.78, 5) is 0. The van der Waals surface area contributed by atoms with Crippen LogP contribution >= 0.6 is 10.7 Å². The van der Waals surface area contributed by atoms with Crippen molar-refractivity contribution in [3.63, 3.8) is 0 Å². The third kappa shape index (κ3) is 13.2. The predicted octanol–water partition coefficient (Wildman–Crippen LogP) is 8.45. The summed E-state index contributed by atoms with van der Waals surface area (Å²) >= 11 is 0. The van der Waals surface area contributed by atoms with Gasteiger partial charge in [-0.15, -0.1) is 0 Å². The van der Waals surface area contributed by atoms with Crippen molar-refractivity contribution in [3.05, 3.63) is 0 Å². The van der Waals surface area contributed by atoms with Crippen molar-refractivity contribution in [2.45, 2.75) is 88.4 Å². The Morgan fingerprint density at radius 1 is 0.694 bits per heavy atom. The van der Waals surface area contributed by atoms with E-state index >= 15 is 0 Å². The first-order valence-corrected chi connectivity index (χ1v) is 12.5. The molecular formula is C18H23ClF14O2S. The molecule has 0 saturated carbocycles. The lowest BCUT2D eigenvalue weighted by atomic mass is 9.83. The number of alkyl halides is 14. The Bertz CT molecular complexity index is 802. The molecule has 0 N–H and O–H groups in total. The third-order valence-electron chi connectivity index (χ3n) is 5.24. The highest BCUT2D eigenvalue weighted by molar-refractivity contribution is 8.13. The minimum atomic E-state index is -5.82. The van der Waals surface area contributed by atoms with Gasteiger partial charge in [0, 0.05) is 17.1 Å². The van der Waals surface area contributed by atoms with Crippen molar-refractivity contribution in [1.82, 2.24) is 0 Å². The topological polar surface area (TPSA) is 34.1 Å². The van der Waals surface area contributed by atoms with Gasteiger partial charge < -0.3 is 0 Å². The monoisotopic (exact) mass is 604 g/mol. The summed E-state index contributed by atoms with van der Waals surface area (Å²) in [5.41, 5.74) is -4.55. The Kier molecular flexibility index (Phi) is 11.3. The standard InChI is InChI=1S/C18H23ClF14O2S/c1-10(7-14(21,22)9-15(23,24)8-13(2,20)18(31,32)33)5-12(17(28,29)30)6-11(16(25,26)27)3-4-36(19,34)35/h10-12H,3-9H2,1-2H3. The molecule has 0 aliphatic carbocycles. The normalized spacial score (nSPS) is 19.0. The van der Waals surface area contributed by atoms with E-state index in [4.69, 9.17) is 10.7 Å². The van der Waals surface area contributed by atoms with Gasteiger partial charge in [0.15, 0.2) is 0 Å². The first-order valence-electron chi connectivity index (χ1n) is 10.0. The summed E-state index contributed by atoms with van der Waals surface area (Å²) in [6.07, 6.45) is -28.2. The number of rotatable bonds is 13. The average Bonchev–Trinajstić information content (AvgIpc) is 2.50. The van der Waals surface area contributed by atoms with E-state index in [-0.39, 0.29) is 6.92 Å². The second kappa shape index (κ2) is 11.6. The van der Waals surface area contributed by atoms with E-state index in [0.717, 1.165) is 0 Å². The minimum Gasteiger partial charge on any atom is -0.234 e. The third-order valence-corrected chi connectivity index (χ3v) is 6.42. The summed E-state index contributed by atoms with van der Waals surface area (Å²) in [7, 11) is 0.267. The summed E-state index contributed by atoms with van der Waals surface area (Å²) in [5, 5.41) is 0. The SMILES string of the molecule is CC(CC(CC(CCS(=O)(=O)Cl)C(F)(F)F)C(F)(F)F)CC(F)(F)CC(F)(F)CC(C)(F)C(F)(F)F. The minimum absolute atomic E-state index is 0.303. The van der Waals surface area contributed by atoms with E-state index in [1.165, 1.54) is 0 Å². The highest BCUT2D eigenvalue weighted by atomic mass is 35.7. The lowest BCUT2D eigenvalue weighted by molar-refractivity contribution is -0.249. The summed E-state index contributed by atoms with van der Waals surface area (Å²) < 4.78 is 208. The molecule has 0 rings (SSSR count). The lowest BCUT2D eigenvalue weighted by Crippen LogP contribution is -2.44. The zero-order valence-corrected chi connectivity index (χ0v) is 20.1. The van der Waals surface area contributed by atoms with Crippen molar-refractivity contribution in [3.8, 4) is 0 Å². The van der Waals surface area contributed by atoms with Gasteiger partial charge in [0.2, 0.25) is 14.7 Å². The maximum Gasteiger partial charge on any atom is 0.422 e. The Balaban J connectivity index is 5.52. The molecule has 2 nitrogen and oxygen atoms in total. The quantitative estimate of drug-likeness (QED) is 0.156. The smallest absolute Gasteiger partial charge is 0.234 e. The van der Waals surface area contributed by atoms with Crippen molar-refractivity contribution >= 4 is 19.7 Å². The number of halogens is 15. The van der Waals surface area contributed by atoms with Crippen LogP contribution in [0.2, 0.25) is 0 Å². The summed E-state index contributed by atoms with van der Waals surface area (Å²) in [6.45, 7) is 0.369. The average molecular weight is 605 g/mol. The predicted molar refractivity (Wildman–Crippen MR) is 101 cm³/mol. The van der Waals surface area contributed by atoms with E-state index < -0.39 is 107 Å². The van der Waals surface area contributed by atoms with E-state index in [1.807, 2.05) is 0 Å². The zero-order chi connectivity index (χ0) is 29.2. The van der Waals surface area contributed by atoms with Crippen LogP contribution in [0, 0.1) is 17.8 Å². The van der Waals surface area contributed by atoms with E-state index in [0.29, 0.717) is 6.92 Å². The van der Waals surface area contributed by atoms with E-state index in [9.17, 15) is 69.9 Å². The van der Waals surface area contributed by atoms with Crippen LogP contribution in [0.15, 0.2) is 0 Å². The Labute approximate surface area is 202 Å². The molecule has 0 fully saturated rings. The Morgan fingerprint density at radius 2 is 1.14 bits per heavy atom. The zero-order valence-electron chi connectivity index (χ0n) is 18.6. The van der Waals surface area contributed by atoms with Gasteiger partial charge in [0.1, 0.15) is 0 Å². The van der Waals surface area contributed by atoms with Crippen LogP contribution in [-0.4, -0.2) is 50.2 Å².